The van der Waals surface area contributed by atoms with Crippen molar-refractivity contribution in [3.05, 3.63) is 60.2 Å². The molecule has 0 aliphatic heterocycles. The lowest BCUT2D eigenvalue weighted by molar-refractivity contribution is -0.132. The van der Waals surface area contributed by atoms with Gasteiger partial charge in [0.25, 0.3) is 0 Å². The molecule has 6 heteroatoms. The van der Waals surface area contributed by atoms with Gasteiger partial charge in [-0.3, -0.25) is 0 Å². The number of esters is 2. The summed E-state index contributed by atoms with van der Waals surface area (Å²) in [5.74, 6) is -1.30. The number of phenols is 2. The fourth-order valence-electron chi connectivity index (χ4n) is 1.66. The first-order valence-corrected chi connectivity index (χ1v) is 6.64. The summed E-state index contributed by atoms with van der Waals surface area (Å²) in [6.07, 6.45) is 0.981. The van der Waals surface area contributed by atoms with Gasteiger partial charge >= 0.3 is 11.9 Å². The van der Waals surface area contributed by atoms with Crippen LogP contribution in [0.4, 0.5) is 0 Å². The van der Waals surface area contributed by atoms with Crippen molar-refractivity contribution in [2.75, 3.05) is 0 Å². The van der Waals surface area contributed by atoms with E-state index in [2.05, 4.69) is 0 Å². The highest BCUT2D eigenvalue weighted by molar-refractivity contribution is 5.97. The van der Waals surface area contributed by atoms with Gasteiger partial charge in [0, 0.05) is 23.8 Å². The van der Waals surface area contributed by atoms with Crippen molar-refractivity contribution in [2.24, 2.45) is 0 Å². The van der Waals surface area contributed by atoms with Gasteiger partial charge in [-0.05, 0) is 31.2 Å². The zero-order valence-corrected chi connectivity index (χ0v) is 12.2. The maximum atomic E-state index is 11.8. The molecule has 0 aliphatic rings. The van der Waals surface area contributed by atoms with Crippen LogP contribution in [0.1, 0.15) is 6.92 Å². The molecule has 0 spiro atoms. The van der Waals surface area contributed by atoms with E-state index in [1.807, 2.05) is 0 Å². The van der Waals surface area contributed by atoms with Gasteiger partial charge < -0.3 is 19.7 Å². The molecule has 0 atom stereocenters. The van der Waals surface area contributed by atoms with Gasteiger partial charge in [0.05, 0.1) is 0 Å². The summed E-state index contributed by atoms with van der Waals surface area (Å²) in [5, 5.41) is 18.6. The molecule has 0 aliphatic carbocycles. The van der Waals surface area contributed by atoms with Crippen LogP contribution < -0.4 is 9.47 Å². The Balaban J connectivity index is 2.00. The molecular weight excluding hydrogens is 300 g/mol. The van der Waals surface area contributed by atoms with Gasteiger partial charge in [-0.25, -0.2) is 9.59 Å². The number of hydrogen-bond acceptors (Lipinski definition) is 6. The second-order valence-corrected chi connectivity index (χ2v) is 4.63. The van der Waals surface area contributed by atoms with Crippen LogP contribution in [0, 0.1) is 0 Å². The van der Waals surface area contributed by atoms with Crippen molar-refractivity contribution < 1.29 is 29.3 Å². The minimum Gasteiger partial charge on any atom is -0.508 e. The quantitative estimate of drug-likeness (QED) is 0.512. The first-order chi connectivity index (χ1) is 10.9. The third-order valence-electron chi connectivity index (χ3n) is 2.72. The van der Waals surface area contributed by atoms with Crippen molar-refractivity contribution in [3.63, 3.8) is 0 Å². The summed E-state index contributed by atoms with van der Waals surface area (Å²) < 4.78 is 9.97. The summed E-state index contributed by atoms with van der Waals surface area (Å²) in [6.45, 7) is 1.40. The van der Waals surface area contributed by atoms with E-state index in [4.69, 9.17) is 9.47 Å². The lowest BCUT2D eigenvalue weighted by Crippen LogP contribution is -2.12. The van der Waals surface area contributed by atoms with E-state index in [0.717, 1.165) is 6.08 Å². The van der Waals surface area contributed by atoms with E-state index >= 15 is 0 Å². The SMILES string of the molecule is C/C(=C/C(=O)Oc1cccc(O)c1)C(=O)Oc1cccc(O)c1. The molecule has 0 bridgehead atoms. The van der Waals surface area contributed by atoms with E-state index < -0.39 is 11.9 Å². The monoisotopic (exact) mass is 314 g/mol. The number of hydrogen-bond donors (Lipinski definition) is 2. The first kappa shape index (κ1) is 16.1. The molecule has 0 radical (unpaired) electrons. The number of benzene rings is 2. The van der Waals surface area contributed by atoms with Gasteiger partial charge in [-0.1, -0.05) is 12.1 Å². The first-order valence-electron chi connectivity index (χ1n) is 6.64. The highest BCUT2D eigenvalue weighted by Crippen LogP contribution is 2.19. The van der Waals surface area contributed by atoms with Crippen LogP contribution >= 0.6 is 0 Å². The Bertz CT molecular complexity index is 763. The van der Waals surface area contributed by atoms with Crippen molar-refractivity contribution in [2.45, 2.75) is 6.92 Å². The molecule has 0 saturated carbocycles. The zero-order valence-electron chi connectivity index (χ0n) is 12.2. The summed E-state index contributed by atoms with van der Waals surface area (Å²) in [5.41, 5.74) is 0.0264. The molecule has 0 amide bonds. The van der Waals surface area contributed by atoms with Crippen LogP contribution in [0.5, 0.6) is 23.0 Å². The fourth-order valence-corrected chi connectivity index (χ4v) is 1.66. The maximum Gasteiger partial charge on any atom is 0.339 e. The van der Waals surface area contributed by atoms with Crippen LogP contribution in [0.3, 0.4) is 0 Å². The highest BCUT2D eigenvalue weighted by atomic mass is 16.5. The zero-order chi connectivity index (χ0) is 16.8. The molecular formula is C17H14O6. The predicted molar refractivity (Wildman–Crippen MR) is 81.2 cm³/mol. The maximum absolute atomic E-state index is 11.8. The number of aromatic hydroxyl groups is 2. The molecule has 2 rings (SSSR count). The minimum absolute atomic E-state index is 0.0264. The number of phenolic OH excluding ortho intramolecular Hbond substituents is 2. The lowest BCUT2D eigenvalue weighted by atomic mass is 10.3. The van der Waals surface area contributed by atoms with Gasteiger partial charge in [-0.2, -0.15) is 0 Å². The Morgan fingerprint density at radius 1 is 0.913 bits per heavy atom. The van der Waals surface area contributed by atoms with Crippen LogP contribution in [0.15, 0.2) is 60.2 Å². The van der Waals surface area contributed by atoms with Crippen LogP contribution in [0.25, 0.3) is 0 Å². The topological polar surface area (TPSA) is 93.1 Å². The Morgan fingerprint density at radius 2 is 1.43 bits per heavy atom. The molecule has 0 saturated heterocycles. The fraction of sp³-hybridized carbons (Fsp3) is 0.0588. The normalized spacial score (nSPS) is 10.9. The molecule has 2 aromatic rings. The van der Waals surface area contributed by atoms with Crippen molar-refractivity contribution in [1.82, 2.24) is 0 Å². The molecule has 23 heavy (non-hydrogen) atoms. The Labute approximate surface area is 132 Å². The molecule has 118 valence electrons. The number of ether oxygens (including phenoxy) is 2. The van der Waals surface area contributed by atoms with Crippen LogP contribution in [-0.2, 0) is 9.59 Å². The molecule has 0 fully saturated rings. The average Bonchev–Trinajstić information content (AvgIpc) is 2.47. The summed E-state index contributed by atoms with van der Waals surface area (Å²) in [6, 6.07) is 11.4. The highest BCUT2D eigenvalue weighted by Gasteiger charge is 2.11. The minimum atomic E-state index is -0.777. The van der Waals surface area contributed by atoms with E-state index in [1.165, 1.54) is 55.5 Å². The van der Waals surface area contributed by atoms with Crippen molar-refractivity contribution >= 4 is 11.9 Å². The second kappa shape index (κ2) is 7.13. The molecule has 6 nitrogen and oxygen atoms in total. The Hall–Kier alpha value is -3.28. The van der Waals surface area contributed by atoms with E-state index in [-0.39, 0.29) is 28.6 Å². The van der Waals surface area contributed by atoms with Crippen molar-refractivity contribution in [3.8, 4) is 23.0 Å². The largest absolute Gasteiger partial charge is 0.508 e. The lowest BCUT2D eigenvalue weighted by Gasteiger charge is -2.05. The number of carbonyl (C=O) groups excluding carboxylic acids is 2. The molecule has 0 unspecified atom stereocenters. The summed E-state index contributed by atoms with van der Waals surface area (Å²) in [7, 11) is 0. The average molecular weight is 314 g/mol. The van der Waals surface area contributed by atoms with Gasteiger partial charge in [0.1, 0.15) is 23.0 Å². The van der Waals surface area contributed by atoms with E-state index in [0.29, 0.717) is 0 Å². The van der Waals surface area contributed by atoms with Gasteiger partial charge in [0.2, 0.25) is 0 Å². The van der Waals surface area contributed by atoms with Crippen LogP contribution in [0.2, 0.25) is 0 Å². The molecule has 0 heterocycles. The standard InChI is InChI=1S/C17H14O6/c1-11(17(21)23-15-7-3-5-13(19)10-15)8-16(20)22-14-6-2-4-12(18)9-14/h2-10,18-19H,1H3/b11-8-. The predicted octanol–water partition coefficient (Wildman–Crippen LogP) is 2.56. The smallest absolute Gasteiger partial charge is 0.339 e. The number of rotatable bonds is 4. The number of carbonyl (C=O) groups is 2. The molecule has 2 N–H and O–H groups in total. The third-order valence-corrected chi connectivity index (χ3v) is 2.72. The van der Waals surface area contributed by atoms with Gasteiger partial charge in [0.15, 0.2) is 0 Å². The molecule has 2 aromatic carbocycles. The summed E-state index contributed by atoms with van der Waals surface area (Å²) >= 11 is 0. The summed E-state index contributed by atoms with van der Waals surface area (Å²) in [4.78, 5) is 23.6. The Kier molecular flexibility index (Phi) is 4.99. The molecule has 0 aromatic heterocycles. The Morgan fingerprint density at radius 3 is 1.96 bits per heavy atom. The van der Waals surface area contributed by atoms with E-state index in [1.54, 1.807) is 0 Å². The van der Waals surface area contributed by atoms with E-state index in [9.17, 15) is 19.8 Å². The van der Waals surface area contributed by atoms with Gasteiger partial charge in [-0.15, -0.1) is 0 Å². The third kappa shape index (κ3) is 4.89. The van der Waals surface area contributed by atoms with Crippen molar-refractivity contribution in [1.29, 1.82) is 0 Å². The van der Waals surface area contributed by atoms with Crippen LogP contribution in [-0.4, -0.2) is 22.2 Å². The second-order valence-electron chi connectivity index (χ2n) is 4.63.